The van der Waals surface area contributed by atoms with Gasteiger partial charge in [-0.3, -0.25) is 4.90 Å². The molecule has 0 saturated carbocycles. The number of rotatable bonds is 6. The van der Waals surface area contributed by atoms with Gasteiger partial charge in [-0.25, -0.2) is 4.79 Å². The van der Waals surface area contributed by atoms with Crippen LogP contribution in [-0.4, -0.2) is 50.2 Å². The van der Waals surface area contributed by atoms with Crippen LogP contribution >= 0.6 is 0 Å². The lowest BCUT2D eigenvalue weighted by molar-refractivity contribution is -0.108. The molecule has 1 fully saturated rings. The van der Waals surface area contributed by atoms with Gasteiger partial charge in [0, 0.05) is 0 Å². The summed E-state index contributed by atoms with van der Waals surface area (Å²) >= 11 is 0. The fraction of sp³-hybridized carbons (Fsp3) is 0.429. The molecule has 0 radical (unpaired) electrons. The van der Waals surface area contributed by atoms with Crippen molar-refractivity contribution < 1.29 is 23.8 Å². The Bertz CT molecular complexity index is 473. The second-order valence-corrected chi connectivity index (χ2v) is 4.43. The molecule has 1 aliphatic heterocycles. The van der Waals surface area contributed by atoms with Crippen LogP contribution in [0, 0.1) is 0 Å². The van der Waals surface area contributed by atoms with E-state index in [-0.39, 0.29) is 6.04 Å². The predicted octanol–water partition coefficient (Wildman–Crippen LogP) is 1.23. The number of hydrogen-bond donors (Lipinski definition) is 0. The standard InChI is InChI=1S/C14H17NO5/c1-18-11-5-3-10(4-6-11)8-20-9-13-12(7-16)15(13)14(17)19-2/h3-7,12-13H,8-9H2,1-2H3/t12-,13+,15?/m1/s1. The van der Waals surface area contributed by atoms with Crippen LogP contribution in [0.25, 0.3) is 0 Å². The topological polar surface area (TPSA) is 64.8 Å². The van der Waals surface area contributed by atoms with Gasteiger partial charge >= 0.3 is 6.09 Å². The highest BCUT2D eigenvalue weighted by atomic mass is 16.5. The maximum Gasteiger partial charge on any atom is 0.410 e. The minimum atomic E-state index is -0.500. The highest BCUT2D eigenvalue weighted by Crippen LogP contribution is 2.28. The summed E-state index contributed by atoms with van der Waals surface area (Å²) < 4.78 is 15.2. The molecule has 20 heavy (non-hydrogen) atoms. The summed E-state index contributed by atoms with van der Waals surface area (Å²) in [6.07, 6.45) is 0.235. The molecule has 0 aliphatic carbocycles. The van der Waals surface area contributed by atoms with Crippen molar-refractivity contribution in [3.63, 3.8) is 0 Å². The third-order valence-electron chi connectivity index (χ3n) is 3.22. The number of aldehydes is 1. The quantitative estimate of drug-likeness (QED) is 0.579. The Morgan fingerprint density at radius 1 is 1.30 bits per heavy atom. The van der Waals surface area contributed by atoms with Crippen molar-refractivity contribution in [2.75, 3.05) is 20.8 Å². The number of methoxy groups -OCH3 is 2. The zero-order chi connectivity index (χ0) is 14.5. The summed E-state index contributed by atoms with van der Waals surface area (Å²) in [7, 11) is 2.90. The van der Waals surface area contributed by atoms with Gasteiger partial charge in [0.05, 0.1) is 33.5 Å². The minimum Gasteiger partial charge on any atom is -0.497 e. The summed E-state index contributed by atoms with van der Waals surface area (Å²) in [5.74, 6) is 0.786. The van der Waals surface area contributed by atoms with Crippen LogP contribution < -0.4 is 4.74 Å². The van der Waals surface area contributed by atoms with Gasteiger partial charge in [0.2, 0.25) is 0 Å². The molecule has 0 aromatic heterocycles. The van der Waals surface area contributed by atoms with Gasteiger partial charge < -0.3 is 19.0 Å². The molecule has 0 bridgehead atoms. The lowest BCUT2D eigenvalue weighted by atomic mass is 10.2. The van der Waals surface area contributed by atoms with E-state index >= 15 is 0 Å². The molecule has 0 N–H and O–H groups in total. The maximum atomic E-state index is 11.3. The first-order valence-corrected chi connectivity index (χ1v) is 6.23. The maximum absolute atomic E-state index is 11.3. The molecule has 1 heterocycles. The van der Waals surface area contributed by atoms with E-state index in [9.17, 15) is 9.59 Å². The molecule has 0 unspecified atom stereocenters. The molecule has 6 nitrogen and oxygen atoms in total. The van der Waals surface area contributed by atoms with Crippen molar-refractivity contribution in [3.05, 3.63) is 29.8 Å². The van der Waals surface area contributed by atoms with Crippen molar-refractivity contribution in [2.45, 2.75) is 18.7 Å². The van der Waals surface area contributed by atoms with Crippen LogP contribution in [0.3, 0.4) is 0 Å². The van der Waals surface area contributed by atoms with Crippen molar-refractivity contribution in [2.24, 2.45) is 0 Å². The number of ether oxygens (including phenoxy) is 3. The van der Waals surface area contributed by atoms with E-state index < -0.39 is 12.1 Å². The third-order valence-corrected chi connectivity index (χ3v) is 3.22. The molecular weight excluding hydrogens is 262 g/mol. The Hall–Kier alpha value is -2.08. The first-order valence-electron chi connectivity index (χ1n) is 6.23. The van der Waals surface area contributed by atoms with E-state index in [0.29, 0.717) is 13.2 Å². The normalized spacial score (nSPS) is 20.4. The lowest BCUT2D eigenvalue weighted by Gasteiger charge is -2.05. The largest absolute Gasteiger partial charge is 0.497 e. The summed E-state index contributed by atoms with van der Waals surface area (Å²) in [4.78, 5) is 23.5. The van der Waals surface area contributed by atoms with E-state index in [2.05, 4.69) is 4.74 Å². The molecule has 108 valence electrons. The van der Waals surface area contributed by atoms with E-state index in [0.717, 1.165) is 17.6 Å². The highest BCUT2D eigenvalue weighted by Gasteiger charge is 2.51. The summed E-state index contributed by atoms with van der Waals surface area (Å²) in [5, 5.41) is 0. The minimum absolute atomic E-state index is 0.224. The molecule has 1 saturated heterocycles. The smallest absolute Gasteiger partial charge is 0.410 e. The van der Waals surface area contributed by atoms with Crippen molar-refractivity contribution in [1.82, 2.24) is 4.90 Å². The number of nitrogens with zero attached hydrogens (tertiary/aromatic N) is 1. The Morgan fingerprint density at radius 3 is 2.55 bits per heavy atom. The van der Waals surface area contributed by atoms with Gasteiger partial charge in [0.15, 0.2) is 0 Å². The number of benzene rings is 1. The van der Waals surface area contributed by atoms with E-state index in [4.69, 9.17) is 9.47 Å². The molecular formula is C14H17NO5. The van der Waals surface area contributed by atoms with Gasteiger partial charge in [-0.05, 0) is 17.7 Å². The predicted molar refractivity (Wildman–Crippen MR) is 70.5 cm³/mol. The molecule has 1 amide bonds. The van der Waals surface area contributed by atoms with Crippen LogP contribution in [0.15, 0.2) is 24.3 Å². The summed E-state index contributed by atoms with van der Waals surface area (Å²) in [5.41, 5.74) is 0.999. The summed E-state index contributed by atoms with van der Waals surface area (Å²) in [6.45, 7) is 0.728. The second-order valence-electron chi connectivity index (χ2n) is 4.43. The fourth-order valence-electron chi connectivity index (χ4n) is 2.02. The van der Waals surface area contributed by atoms with Crippen LogP contribution in [0.4, 0.5) is 4.79 Å². The zero-order valence-corrected chi connectivity index (χ0v) is 11.4. The second kappa shape index (κ2) is 6.38. The zero-order valence-electron chi connectivity index (χ0n) is 11.4. The van der Waals surface area contributed by atoms with Gasteiger partial charge in [0.1, 0.15) is 18.1 Å². The lowest BCUT2D eigenvalue weighted by Crippen LogP contribution is -2.16. The average Bonchev–Trinajstić information content (AvgIpc) is 3.20. The number of hydrogen-bond acceptors (Lipinski definition) is 5. The van der Waals surface area contributed by atoms with Crippen LogP contribution in [0.1, 0.15) is 5.56 Å². The number of carbonyl (C=O) groups is 2. The van der Waals surface area contributed by atoms with E-state index in [1.807, 2.05) is 24.3 Å². The average molecular weight is 279 g/mol. The van der Waals surface area contributed by atoms with Gasteiger partial charge in [-0.1, -0.05) is 12.1 Å². The molecule has 2 atom stereocenters. The van der Waals surface area contributed by atoms with E-state index in [1.54, 1.807) is 7.11 Å². The monoisotopic (exact) mass is 279 g/mol. The van der Waals surface area contributed by atoms with Crippen LogP contribution in [-0.2, 0) is 20.9 Å². The van der Waals surface area contributed by atoms with Gasteiger partial charge in [-0.15, -0.1) is 0 Å². The molecule has 1 aliphatic rings. The Labute approximate surface area is 117 Å². The number of amides is 1. The summed E-state index contributed by atoms with van der Waals surface area (Å²) in [6, 6.07) is 6.86. The third kappa shape index (κ3) is 3.08. The van der Waals surface area contributed by atoms with Gasteiger partial charge in [0.25, 0.3) is 0 Å². The molecule has 1 aromatic carbocycles. The molecule has 0 spiro atoms. The number of carbonyl (C=O) groups excluding carboxylic acids is 2. The SMILES string of the molecule is COC(=O)N1[C@H](C=O)[C@@H]1COCc1ccc(OC)cc1. The van der Waals surface area contributed by atoms with E-state index in [1.165, 1.54) is 12.0 Å². The molecule has 2 rings (SSSR count). The van der Waals surface area contributed by atoms with Crippen molar-refractivity contribution in [1.29, 1.82) is 0 Å². The fourth-order valence-corrected chi connectivity index (χ4v) is 2.02. The van der Waals surface area contributed by atoms with Gasteiger partial charge in [-0.2, -0.15) is 0 Å². The van der Waals surface area contributed by atoms with Crippen molar-refractivity contribution >= 4 is 12.4 Å². The molecule has 1 aromatic rings. The molecule has 6 heteroatoms. The van der Waals surface area contributed by atoms with Crippen LogP contribution in [0.2, 0.25) is 0 Å². The Balaban J connectivity index is 1.78. The highest BCUT2D eigenvalue weighted by molar-refractivity contribution is 5.80. The van der Waals surface area contributed by atoms with Crippen molar-refractivity contribution in [3.8, 4) is 5.75 Å². The first kappa shape index (κ1) is 14.3. The first-order chi connectivity index (χ1) is 9.71. The Morgan fingerprint density at radius 2 is 2.00 bits per heavy atom. The van der Waals surface area contributed by atoms with Crippen LogP contribution in [0.5, 0.6) is 5.75 Å². The Kier molecular flexibility index (Phi) is 4.57.